The van der Waals surface area contributed by atoms with Gasteiger partial charge in [0.25, 0.3) is 5.91 Å². The fourth-order valence-corrected chi connectivity index (χ4v) is 1.21. The zero-order chi connectivity index (χ0) is 12.0. The van der Waals surface area contributed by atoms with Crippen LogP contribution in [-0.4, -0.2) is 22.8 Å². The molecule has 0 atom stereocenters. The fourth-order valence-electron chi connectivity index (χ4n) is 1.21. The van der Waals surface area contributed by atoms with E-state index in [0.29, 0.717) is 5.69 Å². The van der Waals surface area contributed by atoms with E-state index >= 15 is 0 Å². The number of H-pyrrole nitrogens is 1. The molecule has 1 rings (SSSR count). The summed E-state index contributed by atoms with van der Waals surface area (Å²) in [5.74, 6) is -0.0550. The Morgan fingerprint density at radius 2 is 2.00 bits per heavy atom. The van der Waals surface area contributed by atoms with E-state index in [1.807, 2.05) is 33.8 Å². The van der Waals surface area contributed by atoms with E-state index in [9.17, 15) is 4.79 Å². The van der Waals surface area contributed by atoms with Crippen LogP contribution in [0.5, 0.6) is 0 Å². The average molecular weight is 208 g/mol. The molecule has 0 aliphatic rings. The second kappa shape index (κ2) is 6.06. The molecule has 0 aliphatic carbocycles. The number of aromatic amines is 1. The lowest BCUT2D eigenvalue weighted by molar-refractivity contribution is 0.0845. The number of amides is 1. The smallest absolute Gasteiger partial charge is 0.274 e. The average Bonchev–Trinajstić information content (AvgIpc) is 2.58. The van der Waals surface area contributed by atoms with Crippen LogP contribution in [0.25, 0.3) is 0 Å². The summed E-state index contributed by atoms with van der Waals surface area (Å²) < 4.78 is 0. The number of aryl methyl sites for hydroxylation is 2. The Morgan fingerprint density at radius 1 is 1.47 bits per heavy atom. The Balaban J connectivity index is 0.000000921. The monoisotopic (exact) mass is 208 g/mol. The van der Waals surface area contributed by atoms with E-state index < -0.39 is 0 Å². The number of nitrogens with zero attached hydrogens (tertiary/aromatic N) is 1. The Bertz CT molecular complexity index is 339. The molecule has 0 spiro atoms. The molecule has 0 radical (unpaired) electrons. The molecule has 0 saturated heterocycles. The first-order chi connectivity index (χ1) is 7.06. The maximum Gasteiger partial charge on any atom is 0.274 e. The molecule has 1 aromatic rings. The van der Waals surface area contributed by atoms with Crippen LogP contribution in [0.1, 0.15) is 35.6 Å². The molecule has 0 unspecified atom stereocenters. The lowest BCUT2D eigenvalue weighted by Gasteiger charge is -2.10. The van der Waals surface area contributed by atoms with Gasteiger partial charge in [-0.15, -0.1) is 0 Å². The largest absolute Gasteiger partial charge is 0.354 e. The number of hydrogen-bond acceptors (Lipinski definition) is 1. The summed E-state index contributed by atoms with van der Waals surface area (Å²) >= 11 is 0. The molecule has 0 fully saturated rings. The van der Waals surface area contributed by atoms with Crippen LogP contribution in [0, 0.1) is 13.8 Å². The van der Waals surface area contributed by atoms with Crippen molar-refractivity contribution in [1.82, 2.24) is 9.88 Å². The predicted molar refractivity (Wildman–Crippen MR) is 63.9 cm³/mol. The second-order valence-electron chi connectivity index (χ2n) is 3.11. The fraction of sp³-hybridized carbons (Fsp3) is 0.417. The first-order valence-electron chi connectivity index (χ1n) is 5.12. The van der Waals surface area contributed by atoms with Crippen molar-refractivity contribution < 1.29 is 4.79 Å². The maximum absolute atomic E-state index is 11.6. The van der Waals surface area contributed by atoms with Crippen molar-refractivity contribution in [2.24, 2.45) is 0 Å². The van der Waals surface area contributed by atoms with E-state index in [4.69, 9.17) is 0 Å². The van der Waals surface area contributed by atoms with Crippen LogP contribution in [0.3, 0.4) is 0 Å². The third-order valence-electron chi connectivity index (χ3n) is 1.96. The van der Waals surface area contributed by atoms with Crippen LogP contribution in [0.4, 0.5) is 0 Å². The van der Waals surface area contributed by atoms with Crippen LogP contribution < -0.4 is 0 Å². The van der Waals surface area contributed by atoms with Gasteiger partial charge in [0, 0.05) is 12.7 Å². The van der Waals surface area contributed by atoms with Crippen LogP contribution in [0.2, 0.25) is 0 Å². The van der Waals surface area contributed by atoms with Crippen LogP contribution >= 0.6 is 0 Å². The predicted octanol–water partition coefficient (Wildman–Crippen LogP) is 2.87. The molecule has 1 aromatic heterocycles. The van der Waals surface area contributed by atoms with Crippen LogP contribution in [0.15, 0.2) is 18.8 Å². The topological polar surface area (TPSA) is 36.1 Å². The standard InChI is InChI=1S/C10H14N2O.C2H6/c1-5-12(4)10(13)9-7(2)6-8(3)11-9;1-2/h5-6,11H,1H2,2-4H3;1-2H3. The summed E-state index contributed by atoms with van der Waals surface area (Å²) in [6.07, 6.45) is 1.50. The van der Waals surface area contributed by atoms with Gasteiger partial charge in [-0.05, 0) is 31.7 Å². The van der Waals surface area contributed by atoms with Gasteiger partial charge in [0.1, 0.15) is 5.69 Å². The van der Waals surface area contributed by atoms with Crippen molar-refractivity contribution in [3.05, 3.63) is 35.8 Å². The lowest BCUT2D eigenvalue weighted by Crippen LogP contribution is -2.21. The van der Waals surface area contributed by atoms with Crippen molar-refractivity contribution in [1.29, 1.82) is 0 Å². The van der Waals surface area contributed by atoms with Gasteiger partial charge in [0.05, 0.1) is 0 Å². The minimum absolute atomic E-state index is 0.0550. The van der Waals surface area contributed by atoms with Crippen molar-refractivity contribution in [3.63, 3.8) is 0 Å². The van der Waals surface area contributed by atoms with Gasteiger partial charge in [-0.25, -0.2) is 0 Å². The van der Waals surface area contributed by atoms with Gasteiger partial charge in [-0.2, -0.15) is 0 Å². The van der Waals surface area contributed by atoms with E-state index in [0.717, 1.165) is 11.3 Å². The van der Waals surface area contributed by atoms with E-state index in [2.05, 4.69) is 11.6 Å². The molecular formula is C12H20N2O. The molecule has 3 nitrogen and oxygen atoms in total. The Hall–Kier alpha value is -1.51. The van der Waals surface area contributed by atoms with Gasteiger partial charge in [0.15, 0.2) is 0 Å². The summed E-state index contributed by atoms with van der Waals surface area (Å²) in [7, 11) is 1.69. The van der Waals surface area contributed by atoms with Gasteiger partial charge in [-0.3, -0.25) is 4.79 Å². The number of carbonyl (C=O) groups is 1. The zero-order valence-corrected chi connectivity index (χ0v) is 10.2. The highest BCUT2D eigenvalue weighted by Crippen LogP contribution is 2.10. The maximum atomic E-state index is 11.6. The normalized spacial score (nSPS) is 8.87. The lowest BCUT2D eigenvalue weighted by atomic mass is 10.2. The van der Waals surface area contributed by atoms with Gasteiger partial charge in [0.2, 0.25) is 0 Å². The molecule has 0 saturated carbocycles. The first kappa shape index (κ1) is 13.5. The third-order valence-corrected chi connectivity index (χ3v) is 1.96. The highest BCUT2D eigenvalue weighted by Gasteiger charge is 2.13. The minimum Gasteiger partial charge on any atom is -0.354 e. The zero-order valence-electron chi connectivity index (χ0n) is 10.2. The van der Waals surface area contributed by atoms with Crippen molar-refractivity contribution >= 4 is 5.91 Å². The first-order valence-corrected chi connectivity index (χ1v) is 5.12. The summed E-state index contributed by atoms with van der Waals surface area (Å²) in [4.78, 5) is 16.1. The quantitative estimate of drug-likeness (QED) is 0.797. The molecule has 3 heteroatoms. The highest BCUT2D eigenvalue weighted by molar-refractivity contribution is 5.94. The Kier molecular flexibility index (Phi) is 5.45. The Morgan fingerprint density at radius 3 is 2.33 bits per heavy atom. The SMILES string of the molecule is C=CN(C)C(=O)c1[nH]c(C)cc1C.CC. The number of rotatable bonds is 2. The van der Waals surface area contributed by atoms with Gasteiger partial charge >= 0.3 is 0 Å². The molecule has 1 heterocycles. The molecule has 0 bridgehead atoms. The van der Waals surface area contributed by atoms with E-state index in [1.165, 1.54) is 11.1 Å². The summed E-state index contributed by atoms with van der Waals surface area (Å²) in [6, 6.07) is 1.95. The molecule has 1 amide bonds. The highest BCUT2D eigenvalue weighted by atomic mass is 16.2. The number of carbonyl (C=O) groups excluding carboxylic acids is 1. The molecule has 84 valence electrons. The van der Waals surface area contributed by atoms with E-state index in [-0.39, 0.29) is 5.91 Å². The van der Waals surface area contributed by atoms with Gasteiger partial charge < -0.3 is 9.88 Å². The third kappa shape index (κ3) is 3.27. The van der Waals surface area contributed by atoms with Crippen molar-refractivity contribution in [2.75, 3.05) is 7.05 Å². The number of aromatic nitrogens is 1. The minimum atomic E-state index is -0.0550. The summed E-state index contributed by atoms with van der Waals surface area (Å²) in [5, 5.41) is 0. The Labute approximate surface area is 91.8 Å². The summed E-state index contributed by atoms with van der Waals surface area (Å²) in [6.45, 7) is 11.4. The molecular weight excluding hydrogens is 188 g/mol. The second-order valence-corrected chi connectivity index (χ2v) is 3.11. The summed E-state index contributed by atoms with van der Waals surface area (Å²) in [5.41, 5.74) is 2.61. The molecule has 1 N–H and O–H groups in total. The number of nitrogens with one attached hydrogen (secondary N) is 1. The van der Waals surface area contributed by atoms with Crippen molar-refractivity contribution in [2.45, 2.75) is 27.7 Å². The van der Waals surface area contributed by atoms with Gasteiger partial charge in [-0.1, -0.05) is 20.4 Å². The molecule has 0 aliphatic heterocycles. The molecule has 15 heavy (non-hydrogen) atoms. The van der Waals surface area contributed by atoms with E-state index in [1.54, 1.807) is 7.05 Å². The molecule has 0 aromatic carbocycles. The van der Waals surface area contributed by atoms with Crippen LogP contribution in [-0.2, 0) is 0 Å². The number of hydrogen-bond donors (Lipinski definition) is 1. The van der Waals surface area contributed by atoms with Crippen molar-refractivity contribution in [3.8, 4) is 0 Å².